The van der Waals surface area contributed by atoms with E-state index in [1.54, 1.807) is 18.2 Å². The molecule has 0 aliphatic carbocycles. The topological polar surface area (TPSA) is 58.8 Å². The van der Waals surface area contributed by atoms with Crippen molar-refractivity contribution in [3.63, 3.8) is 0 Å². The number of nitrogens with zero attached hydrogens (tertiary/aromatic N) is 2. The lowest BCUT2D eigenvalue weighted by Crippen LogP contribution is -2.50. The van der Waals surface area contributed by atoms with Crippen molar-refractivity contribution < 1.29 is 9.53 Å². The molecule has 2 rings (SSSR count). The van der Waals surface area contributed by atoms with Crippen molar-refractivity contribution in [3.8, 4) is 5.75 Å². The molecule has 0 radical (unpaired) electrons. The molecule has 0 unspecified atom stereocenters. The minimum Gasteiger partial charge on any atom is -0.491 e. The largest absolute Gasteiger partial charge is 0.491 e. The zero-order chi connectivity index (χ0) is 15.4. The molecule has 1 heterocycles. The third-order valence-corrected chi connectivity index (χ3v) is 3.90. The van der Waals surface area contributed by atoms with E-state index in [0.29, 0.717) is 29.6 Å². The van der Waals surface area contributed by atoms with Crippen molar-refractivity contribution in [2.75, 3.05) is 38.5 Å². The molecule has 5 heteroatoms. The van der Waals surface area contributed by atoms with E-state index in [0.717, 1.165) is 26.2 Å². The Morgan fingerprint density at radius 2 is 1.95 bits per heavy atom. The third kappa shape index (κ3) is 3.47. The number of nitrogens with two attached hydrogens (primary N) is 1. The van der Waals surface area contributed by atoms with Gasteiger partial charge in [0, 0.05) is 32.2 Å². The maximum Gasteiger partial charge on any atom is 0.257 e. The van der Waals surface area contributed by atoms with Crippen LogP contribution in [0, 0.1) is 0 Å². The Hall–Kier alpha value is -1.75. The molecule has 116 valence electrons. The fraction of sp³-hybridized carbons (Fsp3) is 0.562. The van der Waals surface area contributed by atoms with Gasteiger partial charge in [0.25, 0.3) is 5.91 Å². The molecule has 0 saturated carbocycles. The first-order chi connectivity index (χ1) is 10.0. The lowest BCUT2D eigenvalue weighted by Gasteiger charge is -2.37. The second-order valence-corrected chi connectivity index (χ2v) is 5.58. The van der Waals surface area contributed by atoms with Gasteiger partial charge in [-0.1, -0.05) is 6.07 Å². The number of piperazine rings is 1. The molecule has 21 heavy (non-hydrogen) atoms. The van der Waals surface area contributed by atoms with Crippen LogP contribution in [-0.2, 0) is 0 Å². The first-order valence-electron chi connectivity index (χ1n) is 7.59. The van der Waals surface area contributed by atoms with Crippen molar-refractivity contribution in [1.29, 1.82) is 0 Å². The number of para-hydroxylation sites is 1. The molecule has 0 aromatic heterocycles. The summed E-state index contributed by atoms with van der Waals surface area (Å²) in [5.41, 5.74) is 7.01. The van der Waals surface area contributed by atoms with Gasteiger partial charge >= 0.3 is 0 Å². The zero-order valence-corrected chi connectivity index (χ0v) is 13.1. The molecule has 5 nitrogen and oxygen atoms in total. The zero-order valence-electron chi connectivity index (χ0n) is 13.1. The molecule has 1 fully saturated rings. The van der Waals surface area contributed by atoms with Crippen LogP contribution in [0.4, 0.5) is 5.69 Å². The summed E-state index contributed by atoms with van der Waals surface area (Å²) in [6, 6.07) is 5.88. The van der Waals surface area contributed by atoms with Gasteiger partial charge < -0.3 is 15.4 Å². The third-order valence-electron chi connectivity index (χ3n) is 3.90. The first kappa shape index (κ1) is 15.6. The maximum atomic E-state index is 12.7. The molecule has 1 saturated heterocycles. The number of ether oxygens (including phenoxy) is 1. The van der Waals surface area contributed by atoms with Crippen LogP contribution in [0.15, 0.2) is 18.2 Å². The van der Waals surface area contributed by atoms with Gasteiger partial charge in [-0.25, -0.2) is 0 Å². The maximum absolute atomic E-state index is 12.7. The predicted molar refractivity (Wildman–Crippen MR) is 84.6 cm³/mol. The van der Waals surface area contributed by atoms with E-state index >= 15 is 0 Å². The van der Waals surface area contributed by atoms with E-state index in [4.69, 9.17) is 10.5 Å². The van der Waals surface area contributed by atoms with E-state index in [1.807, 2.05) is 11.8 Å². The van der Waals surface area contributed by atoms with Gasteiger partial charge in [0.15, 0.2) is 5.75 Å². The van der Waals surface area contributed by atoms with E-state index in [9.17, 15) is 4.79 Å². The number of rotatable bonds is 4. The van der Waals surface area contributed by atoms with Crippen LogP contribution in [0.1, 0.15) is 31.1 Å². The van der Waals surface area contributed by atoms with Gasteiger partial charge in [0.2, 0.25) is 0 Å². The first-order valence-corrected chi connectivity index (χ1v) is 7.59. The average Bonchev–Trinajstić information content (AvgIpc) is 2.49. The van der Waals surface area contributed by atoms with E-state index in [1.165, 1.54) is 0 Å². The Morgan fingerprint density at radius 3 is 2.52 bits per heavy atom. The standard InChI is InChI=1S/C16H25N3O2/c1-4-21-15-13(6-5-7-14(15)17)16(20)19-10-8-18(9-11-19)12(2)3/h5-7,12H,4,8-11,17H2,1-3H3. The van der Waals surface area contributed by atoms with Crippen molar-refractivity contribution in [2.45, 2.75) is 26.8 Å². The highest BCUT2D eigenvalue weighted by molar-refractivity contribution is 5.98. The summed E-state index contributed by atoms with van der Waals surface area (Å²) in [6.07, 6.45) is 0. The second-order valence-electron chi connectivity index (χ2n) is 5.58. The fourth-order valence-electron chi connectivity index (χ4n) is 2.64. The van der Waals surface area contributed by atoms with Gasteiger partial charge in [-0.2, -0.15) is 0 Å². The fourth-order valence-corrected chi connectivity index (χ4v) is 2.64. The van der Waals surface area contributed by atoms with Crippen LogP contribution in [-0.4, -0.2) is 54.5 Å². The number of hydrogen-bond acceptors (Lipinski definition) is 4. The highest BCUT2D eigenvalue weighted by atomic mass is 16.5. The van der Waals surface area contributed by atoms with Gasteiger partial charge in [0.05, 0.1) is 17.9 Å². The molecule has 1 aromatic rings. The molecular weight excluding hydrogens is 266 g/mol. The number of anilines is 1. The minimum atomic E-state index is 0.00848. The smallest absolute Gasteiger partial charge is 0.257 e. The Morgan fingerprint density at radius 1 is 1.29 bits per heavy atom. The van der Waals surface area contributed by atoms with E-state index in [-0.39, 0.29) is 5.91 Å². The molecule has 1 amide bonds. The van der Waals surface area contributed by atoms with Crippen molar-refractivity contribution in [2.24, 2.45) is 0 Å². The number of carbonyl (C=O) groups excluding carboxylic acids is 1. The summed E-state index contributed by atoms with van der Waals surface area (Å²) in [7, 11) is 0. The molecule has 1 aromatic carbocycles. The normalized spacial score (nSPS) is 16.3. The van der Waals surface area contributed by atoms with Crippen LogP contribution in [0.25, 0.3) is 0 Å². The van der Waals surface area contributed by atoms with E-state index in [2.05, 4.69) is 18.7 Å². The van der Waals surface area contributed by atoms with Gasteiger partial charge in [0.1, 0.15) is 0 Å². The summed E-state index contributed by atoms with van der Waals surface area (Å²) in [6.45, 7) is 10.1. The number of nitrogen functional groups attached to an aromatic ring is 1. The predicted octanol–water partition coefficient (Wildman–Crippen LogP) is 1.83. The molecule has 2 N–H and O–H groups in total. The number of carbonyl (C=O) groups is 1. The van der Waals surface area contributed by atoms with Crippen LogP contribution in [0.5, 0.6) is 5.75 Å². The van der Waals surface area contributed by atoms with Gasteiger partial charge in [-0.05, 0) is 32.9 Å². The molecule has 1 aliphatic rings. The van der Waals surface area contributed by atoms with Crippen molar-refractivity contribution >= 4 is 11.6 Å². The Bertz CT molecular complexity index is 494. The van der Waals surface area contributed by atoms with Crippen molar-refractivity contribution in [1.82, 2.24) is 9.80 Å². The van der Waals surface area contributed by atoms with Crippen LogP contribution < -0.4 is 10.5 Å². The summed E-state index contributed by atoms with van der Waals surface area (Å²) >= 11 is 0. The Balaban J connectivity index is 2.12. The van der Waals surface area contributed by atoms with Crippen LogP contribution in [0.2, 0.25) is 0 Å². The molecule has 0 spiro atoms. The van der Waals surface area contributed by atoms with Crippen molar-refractivity contribution in [3.05, 3.63) is 23.8 Å². The molecule has 0 atom stereocenters. The monoisotopic (exact) mass is 291 g/mol. The highest BCUT2D eigenvalue weighted by Gasteiger charge is 2.25. The number of benzene rings is 1. The molecule has 1 aliphatic heterocycles. The minimum absolute atomic E-state index is 0.00848. The Labute approximate surface area is 126 Å². The van der Waals surface area contributed by atoms with Gasteiger partial charge in [-0.3, -0.25) is 9.69 Å². The molecule has 0 bridgehead atoms. The summed E-state index contributed by atoms with van der Waals surface area (Å²) in [5, 5.41) is 0. The summed E-state index contributed by atoms with van der Waals surface area (Å²) in [4.78, 5) is 17.0. The highest BCUT2D eigenvalue weighted by Crippen LogP contribution is 2.28. The number of amides is 1. The second kappa shape index (κ2) is 6.80. The number of hydrogen-bond donors (Lipinski definition) is 1. The van der Waals surface area contributed by atoms with Crippen LogP contribution >= 0.6 is 0 Å². The Kier molecular flexibility index (Phi) is 5.07. The summed E-state index contributed by atoms with van der Waals surface area (Å²) < 4.78 is 5.56. The van der Waals surface area contributed by atoms with Gasteiger partial charge in [-0.15, -0.1) is 0 Å². The lowest BCUT2D eigenvalue weighted by molar-refractivity contribution is 0.0592. The quantitative estimate of drug-likeness (QED) is 0.860. The summed E-state index contributed by atoms with van der Waals surface area (Å²) in [5.74, 6) is 0.519. The SMILES string of the molecule is CCOc1c(N)cccc1C(=O)N1CCN(C(C)C)CC1. The van der Waals surface area contributed by atoms with Crippen LogP contribution in [0.3, 0.4) is 0 Å². The lowest BCUT2D eigenvalue weighted by atomic mass is 10.1. The molecular formula is C16H25N3O2. The average molecular weight is 291 g/mol. The van der Waals surface area contributed by atoms with E-state index < -0.39 is 0 Å².